The van der Waals surface area contributed by atoms with Crippen molar-refractivity contribution in [3.8, 4) is 0 Å². The molecule has 1 N–H and O–H groups in total. The molecule has 1 aliphatic heterocycles. The number of hydrogen-bond donors (Lipinski definition) is 1. The van der Waals surface area contributed by atoms with Crippen LogP contribution in [-0.2, 0) is 16.4 Å². The zero-order chi connectivity index (χ0) is 18.2. The van der Waals surface area contributed by atoms with Crippen molar-refractivity contribution in [1.29, 1.82) is 0 Å². The number of nitrogens with one attached hydrogen (secondary N) is 1. The Morgan fingerprint density at radius 3 is 2.64 bits per heavy atom. The summed E-state index contributed by atoms with van der Waals surface area (Å²) in [5.74, 6) is -0.177. The van der Waals surface area contributed by atoms with Crippen molar-refractivity contribution in [1.82, 2.24) is 5.32 Å². The molecule has 0 aliphatic carbocycles. The highest BCUT2D eigenvalue weighted by Crippen LogP contribution is 2.31. The van der Waals surface area contributed by atoms with Gasteiger partial charge in [0.2, 0.25) is 10.0 Å². The van der Waals surface area contributed by atoms with Crippen LogP contribution in [0, 0.1) is 0 Å². The molecule has 0 aromatic heterocycles. The fourth-order valence-electron chi connectivity index (χ4n) is 3.04. The highest BCUT2D eigenvalue weighted by molar-refractivity contribution is 9.10. The Morgan fingerprint density at radius 2 is 1.96 bits per heavy atom. The number of carbonyl (C=O) groups is 1. The van der Waals surface area contributed by atoms with Crippen molar-refractivity contribution in [3.63, 3.8) is 0 Å². The third-order valence-electron chi connectivity index (χ3n) is 4.31. The zero-order valence-corrected chi connectivity index (χ0v) is 16.4. The van der Waals surface area contributed by atoms with Gasteiger partial charge in [-0.15, -0.1) is 0 Å². The summed E-state index contributed by atoms with van der Waals surface area (Å²) >= 11 is 3.50. The average molecular weight is 423 g/mol. The third-order valence-corrected chi connectivity index (χ3v) is 6.22. The Balaban J connectivity index is 1.79. The summed E-state index contributed by atoms with van der Waals surface area (Å²) in [6.07, 6.45) is 1.81. The van der Waals surface area contributed by atoms with E-state index in [1.165, 1.54) is 10.6 Å². The topological polar surface area (TPSA) is 66.5 Å². The standard InChI is InChI=1S/C18H19BrN2O3S/c1-12(15-5-3-4-6-16(15)19)20-18(22)14-7-8-17-13(11-14)9-10-21(17)25(2,23)24/h3-8,11-12H,9-10H2,1-2H3,(H,20,22)/t12-/m0/s1. The van der Waals surface area contributed by atoms with Gasteiger partial charge in [0.1, 0.15) is 0 Å². The molecular weight excluding hydrogens is 404 g/mol. The van der Waals surface area contributed by atoms with Crippen LogP contribution < -0.4 is 9.62 Å². The molecule has 3 rings (SSSR count). The van der Waals surface area contributed by atoms with E-state index in [-0.39, 0.29) is 11.9 Å². The molecule has 0 saturated heterocycles. The van der Waals surface area contributed by atoms with Crippen LogP contribution in [0.4, 0.5) is 5.69 Å². The molecule has 132 valence electrons. The van der Waals surface area contributed by atoms with Gasteiger partial charge in [0, 0.05) is 16.6 Å². The lowest BCUT2D eigenvalue weighted by Gasteiger charge is -2.18. The van der Waals surface area contributed by atoms with E-state index in [0.717, 1.165) is 15.6 Å². The van der Waals surface area contributed by atoms with Crippen molar-refractivity contribution in [2.45, 2.75) is 19.4 Å². The van der Waals surface area contributed by atoms with E-state index >= 15 is 0 Å². The number of amides is 1. The first-order valence-corrected chi connectivity index (χ1v) is 10.6. The van der Waals surface area contributed by atoms with Crippen molar-refractivity contribution < 1.29 is 13.2 Å². The van der Waals surface area contributed by atoms with Gasteiger partial charge < -0.3 is 5.32 Å². The number of nitrogens with zero attached hydrogens (tertiary/aromatic N) is 1. The molecule has 0 saturated carbocycles. The Kier molecular flexibility index (Phi) is 4.88. The van der Waals surface area contributed by atoms with Gasteiger partial charge in [0.15, 0.2) is 0 Å². The zero-order valence-electron chi connectivity index (χ0n) is 14.0. The summed E-state index contributed by atoms with van der Waals surface area (Å²) in [4.78, 5) is 12.6. The predicted octanol–water partition coefficient (Wildman–Crippen LogP) is 3.26. The van der Waals surface area contributed by atoms with Crippen LogP contribution in [0.1, 0.15) is 34.5 Å². The van der Waals surface area contributed by atoms with E-state index in [4.69, 9.17) is 0 Å². The number of benzene rings is 2. The van der Waals surface area contributed by atoms with Crippen LogP contribution in [0.3, 0.4) is 0 Å². The van der Waals surface area contributed by atoms with Gasteiger partial charge in [-0.2, -0.15) is 0 Å². The number of hydrogen-bond acceptors (Lipinski definition) is 3. The molecule has 2 aromatic rings. The SMILES string of the molecule is C[C@H](NC(=O)c1ccc2c(c1)CCN2S(C)(=O)=O)c1ccccc1Br. The first-order chi connectivity index (χ1) is 11.8. The average Bonchev–Trinajstić information content (AvgIpc) is 2.98. The van der Waals surface area contributed by atoms with E-state index in [9.17, 15) is 13.2 Å². The molecule has 1 heterocycles. The van der Waals surface area contributed by atoms with Crippen molar-refractivity contribution in [3.05, 3.63) is 63.6 Å². The minimum Gasteiger partial charge on any atom is -0.345 e. The minimum atomic E-state index is -3.28. The van der Waals surface area contributed by atoms with Gasteiger partial charge in [0.25, 0.3) is 5.91 Å². The quantitative estimate of drug-likeness (QED) is 0.821. The van der Waals surface area contributed by atoms with Gasteiger partial charge in [-0.25, -0.2) is 8.42 Å². The lowest BCUT2D eigenvalue weighted by molar-refractivity contribution is 0.0939. The molecule has 1 aliphatic rings. The first-order valence-electron chi connectivity index (χ1n) is 7.93. The smallest absolute Gasteiger partial charge is 0.251 e. The summed E-state index contributed by atoms with van der Waals surface area (Å²) in [6, 6.07) is 12.8. The maximum absolute atomic E-state index is 12.6. The Bertz CT molecular complexity index is 928. The van der Waals surface area contributed by atoms with Crippen LogP contribution in [-0.4, -0.2) is 27.1 Å². The van der Waals surface area contributed by atoms with Crippen LogP contribution in [0.2, 0.25) is 0 Å². The van der Waals surface area contributed by atoms with Crippen LogP contribution >= 0.6 is 15.9 Å². The summed E-state index contributed by atoms with van der Waals surface area (Å²) in [6.45, 7) is 2.35. The molecule has 0 spiro atoms. The van der Waals surface area contributed by atoms with Gasteiger partial charge in [-0.1, -0.05) is 34.1 Å². The summed E-state index contributed by atoms with van der Waals surface area (Å²) in [5, 5.41) is 2.99. The fourth-order valence-corrected chi connectivity index (χ4v) is 4.63. The second-order valence-corrected chi connectivity index (χ2v) is 8.91. The Hall–Kier alpha value is -1.86. The number of rotatable bonds is 4. The third kappa shape index (κ3) is 3.72. The van der Waals surface area contributed by atoms with Crippen molar-refractivity contribution in [2.75, 3.05) is 17.1 Å². The Morgan fingerprint density at radius 1 is 1.24 bits per heavy atom. The number of carbonyl (C=O) groups excluding carboxylic acids is 1. The molecule has 0 unspecified atom stereocenters. The summed E-state index contributed by atoms with van der Waals surface area (Å²) in [5.41, 5.74) is 3.08. The molecule has 2 aromatic carbocycles. The number of anilines is 1. The Labute approximate surface area is 156 Å². The summed E-state index contributed by atoms with van der Waals surface area (Å²) in [7, 11) is -3.28. The van der Waals surface area contributed by atoms with E-state index in [2.05, 4.69) is 21.2 Å². The van der Waals surface area contributed by atoms with Gasteiger partial charge in [-0.05, 0) is 48.7 Å². The maximum Gasteiger partial charge on any atom is 0.251 e. The van der Waals surface area contributed by atoms with Gasteiger partial charge >= 0.3 is 0 Å². The second-order valence-electron chi connectivity index (χ2n) is 6.15. The molecule has 0 radical (unpaired) electrons. The summed E-state index contributed by atoms with van der Waals surface area (Å²) < 4.78 is 25.9. The molecule has 1 amide bonds. The molecule has 25 heavy (non-hydrogen) atoms. The predicted molar refractivity (Wildman–Crippen MR) is 102 cm³/mol. The van der Waals surface area contributed by atoms with Crippen molar-refractivity contribution >= 4 is 37.5 Å². The monoisotopic (exact) mass is 422 g/mol. The lowest BCUT2D eigenvalue weighted by Crippen LogP contribution is -2.28. The highest BCUT2D eigenvalue weighted by atomic mass is 79.9. The van der Waals surface area contributed by atoms with Crippen LogP contribution in [0.5, 0.6) is 0 Å². The van der Waals surface area contributed by atoms with Gasteiger partial charge in [-0.3, -0.25) is 9.10 Å². The normalized spacial score (nSPS) is 14.9. The van der Waals surface area contributed by atoms with E-state index in [1.807, 2.05) is 31.2 Å². The van der Waals surface area contributed by atoms with Gasteiger partial charge in [0.05, 0.1) is 18.0 Å². The fraction of sp³-hybridized carbons (Fsp3) is 0.278. The molecule has 1 atom stereocenters. The molecule has 7 heteroatoms. The number of fused-ring (bicyclic) bond motifs is 1. The largest absolute Gasteiger partial charge is 0.345 e. The highest BCUT2D eigenvalue weighted by Gasteiger charge is 2.27. The van der Waals surface area contributed by atoms with Crippen LogP contribution in [0.15, 0.2) is 46.9 Å². The second kappa shape index (κ2) is 6.80. The number of sulfonamides is 1. The molecular formula is C18H19BrN2O3S. The minimum absolute atomic E-state index is 0.149. The van der Waals surface area contributed by atoms with Crippen LogP contribution in [0.25, 0.3) is 0 Å². The molecule has 0 bridgehead atoms. The molecule has 0 fully saturated rings. The van der Waals surface area contributed by atoms with Crippen molar-refractivity contribution in [2.24, 2.45) is 0 Å². The first kappa shape index (κ1) is 17.9. The maximum atomic E-state index is 12.6. The van der Waals surface area contributed by atoms with E-state index in [0.29, 0.717) is 24.2 Å². The van der Waals surface area contributed by atoms with E-state index < -0.39 is 10.0 Å². The number of halogens is 1. The lowest BCUT2D eigenvalue weighted by atomic mass is 10.1. The molecule has 5 nitrogen and oxygen atoms in total. The van der Waals surface area contributed by atoms with E-state index in [1.54, 1.807) is 18.2 Å².